The Kier molecular flexibility index (Phi) is 3.25. The molecule has 1 saturated carbocycles. The summed E-state index contributed by atoms with van der Waals surface area (Å²) in [7, 11) is 1.74. The Morgan fingerprint density at radius 2 is 1.94 bits per heavy atom. The number of hydrogen-bond donors (Lipinski definition) is 1. The molecular formula is C14H20BrNO. The fourth-order valence-electron chi connectivity index (χ4n) is 2.81. The van der Waals surface area contributed by atoms with Crippen LogP contribution in [0, 0.1) is 13.8 Å². The van der Waals surface area contributed by atoms with Gasteiger partial charge in [-0.25, -0.2) is 0 Å². The second kappa shape index (κ2) is 4.29. The van der Waals surface area contributed by atoms with Crippen LogP contribution in [0.25, 0.3) is 0 Å². The van der Waals surface area contributed by atoms with E-state index in [1.54, 1.807) is 7.11 Å². The largest absolute Gasteiger partial charge is 0.495 e. The van der Waals surface area contributed by atoms with E-state index in [0.717, 1.165) is 23.1 Å². The second-order valence-corrected chi connectivity index (χ2v) is 5.97. The van der Waals surface area contributed by atoms with Crippen LogP contribution in [0.4, 0.5) is 0 Å². The Morgan fingerprint density at radius 3 is 2.35 bits per heavy atom. The second-order valence-electron chi connectivity index (χ2n) is 5.18. The van der Waals surface area contributed by atoms with Crippen molar-refractivity contribution in [2.24, 2.45) is 5.73 Å². The van der Waals surface area contributed by atoms with E-state index in [2.05, 4.69) is 42.8 Å². The summed E-state index contributed by atoms with van der Waals surface area (Å²) in [4.78, 5) is 0. The highest BCUT2D eigenvalue weighted by molar-refractivity contribution is 9.10. The normalized spacial score (nSPS) is 18.9. The van der Waals surface area contributed by atoms with Gasteiger partial charge in [0.1, 0.15) is 5.75 Å². The van der Waals surface area contributed by atoms with Crippen molar-refractivity contribution in [3.05, 3.63) is 27.2 Å². The zero-order chi connectivity index (χ0) is 12.8. The van der Waals surface area contributed by atoms with E-state index in [4.69, 9.17) is 10.5 Å². The first kappa shape index (κ1) is 12.9. The molecule has 0 spiro atoms. The zero-order valence-electron chi connectivity index (χ0n) is 10.9. The highest BCUT2D eigenvalue weighted by Crippen LogP contribution is 2.56. The Hall–Kier alpha value is -0.540. The van der Waals surface area contributed by atoms with E-state index in [0.29, 0.717) is 0 Å². The van der Waals surface area contributed by atoms with Gasteiger partial charge in [-0.2, -0.15) is 0 Å². The predicted molar refractivity (Wildman–Crippen MR) is 74.7 cm³/mol. The van der Waals surface area contributed by atoms with E-state index in [-0.39, 0.29) is 11.5 Å². The summed E-state index contributed by atoms with van der Waals surface area (Å²) in [6.45, 7) is 6.34. The molecule has 1 aromatic rings. The van der Waals surface area contributed by atoms with Crippen LogP contribution in [0.3, 0.4) is 0 Å². The molecule has 0 saturated heterocycles. The first-order valence-electron chi connectivity index (χ1n) is 6.04. The summed E-state index contributed by atoms with van der Waals surface area (Å²) in [5, 5.41) is 0. The number of methoxy groups -OCH3 is 1. The van der Waals surface area contributed by atoms with Crippen molar-refractivity contribution in [1.82, 2.24) is 0 Å². The number of halogens is 1. The van der Waals surface area contributed by atoms with Gasteiger partial charge in [0, 0.05) is 17.0 Å². The minimum atomic E-state index is 0.131. The number of benzene rings is 1. The lowest BCUT2D eigenvalue weighted by atomic mass is 9.85. The summed E-state index contributed by atoms with van der Waals surface area (Å²) in [6.07, 6.45) is 2.33. The minimum Gasteiger partial charge on any atom is -0.495 e. The summed E-state index contributed by atoms with van der Waals surface area (Å²) < 4.78 is 6.67. The van der Waals surface area contributed by atoms with Gasteiger partial charge >= 0.3 is 0 Å². The third kappa shape index (κ3) is 1.89. The van der Waals surface area contributed by atoms with Gasteiger partial charge in [0.25, 0.3) is 0 Å². The first-order valence-corrected chi connectivity index (χ1v) is 6.83. The molecule has 94 valence electrons. The van der Waals surface area contributed by atoms with Crippen molar-refractivity contribution < 1.29 is 4.74 Å². The quantitative estimate of drug-likeness (QED) is 0.927. The van der Waals surface area contributed by atoms with Crippen molar-refractivity contribution in [2.75, 3.05) is 7.11 Å². The molecule has 2 nitrogen and oxygen atoms in total. The molecule has 0 amide bonds. The topological polar surface area (TPSA) is 35.2 Å². The molecule has 0 heterocycles. The van der Waals surface area contributed by atoms with Gasteiger partial charge in [0.15, 0.2) is 0 Å². The molecule has 0 aliphatic heterocycles. The fraction of sp³-hybridized carbons (Fsp3) is 0.571. The van der Waals surface area contributed by atoms with Gasteiger partial charge < -0.3 is 10.5 Å². The molecule has 1 unspecified atom stereocenters. The van der Waals surface area contributed by atoms with Crippen molar-refractivity contribution in [2.45, 2.75) is 45.1 Å². The van der Waals surface area contributed by atoms with Crippen LogP contribution in [-0.2, 0) is 5.41 Å². The van der Waals surface area contributed by atoms with Gasteiger partial charge in [-0.1, -0.05) is 6.07 Å². The standard InChI is InChI=1S/C14H20BrNO/c1-8-7-9(2)12(15)13(17-4)11(8)14(5-6-14)10(3)16/h7,10H,5-6,16H2,1-4H3. The molecule has 0 bridgehead atoms. The highest BCUT2D eigenvalue weighted by atomic mass is 79.9. The third-order valence-electron chi connectivity index (χ3n) is 3.96. The van der Waals surface area contributed by atoms with Crippen LogP contribution in [0.5, 0.6) is 5.75 Å². The van der Waals surface area contributed by atoms with E-state index >= 15 is 0 Å². The molecule has 17 heavy (non-hydrogen) atoms. The molecule has 1 aliphatic carbocycles. The minimum absolute atomic E-state index is 0.131. The van der Waals surface area contributed by atoms with E-state index in [9.17, 15) is 0 Å². The zero-order valence-corrected chi connectivity index (χ0v) is 12.5. The number of rotatable bonds is 3. The summed E-state index contributed by atoms with van der Waals surface area (Å²) in [6, 6.07) is 2.38. The van der Waals surface area contributed by atoms with Gasteiger partial charge in [0.05, 0.1) is 11.6 Å². The van der Waals surface area contributed by atoms with Crippen molar-refractivity contribution in [1.29, 1.82) is 0 Å². The molecule has 2 rings (SSSR count). The Morgan fingerprint density at radius 1 is 1.35 bits per heavy atom. The van der Waals surface area contributed by atoms with Crippen molar-refractivity contribution >= 4 is 15.9 Å². The van der Waals surface area contributed by atoms with Crippen molar-refractivity contribution in [3.8, 4) is 5.75 Å². The summed E-state index contributed by atoms with van der Waals surface area (Å²) in [5.74, 6) is 0.970. The lowest BCUT2D eigenvalue weighted by Crippen LogP contribution is -2.32. The Balaban J connectivity index is 2.65. The molecule has 2 N–H and O–H groups in total. The maximum atomic E-state index is 6.17. The van der Waals surface area contributed by atoms with Gasteiger partial charge in [-0.3, -0.25) is 0 Å². The van der Waals surface area contributed by atoms with Gasteiger partial charge in [-0.05, 0) is 60.7 Å². The highest BCUT2D eigenvalue weighted by Gasteiger charge is 2.50. The summed E-state index contributed by atoms with van der Waals surface area (Å²) >= 11 is 3.63. The fourth-order valence-corrected chi connectivity index (χ4v) is 3.28. The number of aryl methyl sites for hydroxylation is 2. The number of hydrogen-bond acceptors (Lipinski definition) is 2. The van der Waals surface area contributed by atoms with Crippen LogP contribution >= 0.6 is 15.9 Å². The lowest BCUT2D eigenvalue weighted by molar-refractivity contribution is 0.394. The lowest BCUT2D eigenvalue weighted by Gasteiger charge is -2.26. The Labute approximate surface area is 112 Å². The molecule has 1 fully saturated rings. The maximum absolute atomic E-state index is 6.17. The predicted octanol–water partition coefficient (Wildman–Crippen LogP) is 3.45. The molecule has 3 heteroatoms. The molecule has 0 aromatic heterocycles. The first-order chi connectivity index (χ1) is 7.94. The van der Waals surface area contributed by atoms with E-state index in [1.165, 1.54) is 16.7 Å². The van der Waals surface area contributed by atoms with Gasteiger partial charge in [-0.15, -0.1) is 0 Å². The molecule has 1 atom stereocenters. The van der Waals surface area contributed by atoms with Crippen LogP contribution in [0.1, 0.15) is 36.5 Å². The van der Waals surface area contributed by atoms with E-state index < -0.39 is 0 Å². The maximum Gasteiger partial charge on any atom is 0.137 e. The molecule has 1 aromatic carbocycles. The smallest absolute Gasteiger partial charge is 0.137 e. The number of nitrogens with two attached hydrogens (primary N) is 1. The van der Waals surface area contributed by atoms with Crippen LogP contribution < -0.4 is 10.5 Å². The van der Waals surface area contributed by atoms with Crippen molar-refractivity contribution in [3.63, 3.8) is 0 Å². The molecule has 0 radical (unpaired) electrons. The number of ether oxygens (including phenoxy) is 1. The summed E-state index contributed by atoms with van der Waals surface area (Å²) in [5.41, 5.74) is 10.1. The van der Waals surface area contributed by atoms with Gasteiger partial charge in [0.2, 0.25) is 0 Å². The SMILES string of the molecule is COc1c(Br)c(C)cc(C)c1C1(C(C)N)CC1. The van der Waals surface area contributed by atoms with Crippen LogP contribution in [0.15, 0.2) is 10.5 Å². The monoisotopic (exact) mass is 297 g/mol. The van der Waals surface area contributed by atoms with E-state index in [1.807, 2.05) is 0 Å². The molecule has 1 aliphatic rings. The average molecular weight is 298 g/mol. The third-order valence-corrected chi connectivity index (χ3v) is 4.95. The van der Waals surface area contributed by atoms with Crippen LogP contribution in [-0.4, -0.2) is 13.2 Å². The van der Waals surface area contributed by atoms with Crippen LogP contribution in [0.2, 0.25) is 0 Å². The molecular weight excluding hydrogens is 278 g/mol. The average Bonchev–Trinajstić information content (AvgIpc) is 3.04. The Bertz CT molecular complexity index is 450.